The van der Waals surface area contributed by atoms with E-state index in [1.807, 2.05) is 26.1 Å². The molecule has 2 aromatic heterocycles. The normalized spacial score (nSPS) is 10.7. The molecule has 2 aromatic rings. The number of nitrogens with one attached hydrogen (secondary N) is 1. The van der Waals surface area contributed by atoms with Crippen LogP contribution in [-0.4, -0.2) is 12.0 Å². The highest BCUT2D eigenvalue weighted by atomic mass is 16.4. The van der Waals surface area contributed by atoms with Gasteiger partial charge in [0.05, 0.1) is 12.0 Å². The molecule has 0 saturated carbocycles. The first-order valence-corrected chi connectivity index (χ1v) is 4.46. The van der Waals surface area contributed by atoms with Crippen LogP contribution < -0.4 is 5.32 Å². The lowest BCUT2D eigenvalue weighted by Gasteiger charge is -1.91. The van der Waals surface area contributed by atoms with Gasteiger partial charge < -0.3 is 14.2 Å². The summed E-state index contributed by atoms with van der Waals surface area (Å²) in [6.45, 7) is 2.60. The Labute approximate surface area is 81.9 Å². The minimum Gasteiger partial charge on any atom is -0.459 e. The first-order valence-electron chi connectivity index (χ1n) is 4.46. The lowest BCUT2D eigenvalue weighted by molar-refractivity contribution is 0.499. The van der Waals surface area contributed by atoms with E-state index < -0.39 is 0 Å². The number of aryl methyl sites for hydroxylation is 1. The Morgan fingerprint density at radius 2 is 2.36 bits per heavy atom. The fourth-order valence-electron chi connectivity index (χ4n) is 1.27. The fraction of sp³-hybridized carbons (Fsp3) is 0.300. The van der Waals surface area contributed by atoms with Gasteiger partial charge in [0.25, 0.3) is 5.89 Å². The van der Waals surface area contributed by atoms with E-state index in [1.165, 1.54) is 0 Å². The van der Waals surface area contributed by atoms with Crippen LogP contribution in [0.3, 0.4) is 0 Å². The number of hydrogen-bond acceptors (Lipinski definition) is 4. The largest absolute Gasteiger partial charge is 0.459 e. The second-order valence-electron chi connectivity index (χ2n) is 3.03. The molecule has 0 unspecified atom stereocenters. The molecule has 4 nitrogen and oxygen atoms in total. The maximum atomic E-state index is 5.47. The molecule has 0 aromatic carbocycles. The van der Waals surface area contributed by atoms with E-state index in [1.54, 1.807) is 6.26 Å². The topological polar surface area (TPSA) is 51.2 Å². The van der Waals surface area contributed by atoms with E-state index in [0.717, 1.165) is 11.5 Å². The molecule has 0 spiro atoms. The van der Waals surface area contributed by atoms with Crippen molar-refractivity contribution >= 4 is 0 Å². The van der Waals surface area contributed by atoms with Gasteiger partial charge in [0, 0.05) is 6.54 Å². The van der Waals surface area contributed by atoms with Crippen LogP contribution in [0, 0.1) is 6.92 Å². The lowest BCUT2D eigenvalue weighted by atomic mass is 10.4. The van der Waals surface area contributed by atoms with Gasteiger partial charge in [-0.1, -0.05) is 0 Å². The van der Waals surface area contributed by atoms with Gasteiger partial charge in [-0.15, -0.1) is 0 Å². The number of nitrogens with zero attached hydrogens (tertiary/aromatic N) is 1. The standard InChI is InChI=1S/C10H12N2O2/c1-7-8(6-11-2)12-10(14-7)9-4-3-5-13-9/h3-5,11H,6H2,1-2H3. The average molecular weight is 192 g/mol. The Bertz CT molecular complexity index is 404. The van der Waals surface area contributed by atoms with Crippen molar-refractivity contribution in [1.82, 2.24) is 10.3 Å². The molecule has 0 bridgehead atoms. The minimum atomic E-state index is 0.540. The summed E-state index contributed by atoms with van der Waals surface area (Å²) in [7, 11) is 1.88. The van der Waals surface area contributed by atoms with Gasteiger partial charge >= 0.3 is 0 Å². The Balaban J connectivity index is 2.33. The van der Waals surface area contributed by atoms with Crippen molar-refractivity contribution in [3.05, 3.63) is 29.9 Å². The van der Waals surface area contributed by atoms with Crippen LogP contribution in [0.4, 0.5) is 0 Å². The summed E-state index contributed by atoms with van der Waals surface area (Å²) < 4.78 is 10.7. The van der Waals surface area contributed by atoms with Crippen molar-refractivity contribution in [1.29, 1.82) is 0 Å². The third-order valence-electron chi connectivity index (χ3n) is 1.97. The maximum Gasteiger partial charge on any atom is 0.263 e. The first-order chi connectivity index (χ1) is 6.81. The van der Waals surface area contributed by atoms with Crippen molar-refractivity contribution < 1.29 is 8.83 Å². The van der Waals surface area contributed by atoms with Gasteiger partial charge in [-0.2, -0.15) is 0 Å². The smallest absolute Gasteiger partial charge is 0.263 e. The molecule has 14 heavy (non-hydrogen) atoms. The molecular formula is C10H12N2O2. The Morgan fingerprint density at radius 3 is 3.00 bits per heavy atom. The minimum absolute atomic E-state index is 0.540. The molecule has 2 heterocycles. The molecule has 0 radical (unpaired) electrons. The van der Waals surface area contributed by atoms with Crippen LogP contribution in [0.2, 0.25) is 0 Å². The summed E-state index contributed by atoms with van der Waals surface area (Å²) in [4.78, 5) is 4.32. The van der Waals surface area contributed by atoms with Crippen LogP contribution in [0.5, 0.6) is 0 Å². The number of hydrogen-bond donors (Lipinski definition) is 1. The number of aromatic nitrogens is 1. The molecule has 0 aliphatic rings. The Kier molecular flexibility index (Phi) is 2.37. The molecule has 0 aliphatic carbocycles. The second kappa shape index (κ2) is 3.67. The second-order valence-corrected chi connectivity index (χ2v) is 3.03. The number of furan rings is 1. The summed E-state index contributed by atoms with van der Waals surface area (Å²) >= 11 is 0. The third-order valence-corrected chi connectivity index (χ3v) is 1.97. The van der Waals surface area contributed by atoms with Gasteiger partial charge in [-0.3, -0.25) is 0 Å². The predicted molar refractivity (Wildman–Crippen MR) is 51.7 cm³/mol. The highest BCUT2D eigenvalue weighted by molar-refractivity contribution is 5.44. The lowest BCUT2D eigenvalue weighted by Crippen LogP contribution is -2.06. The van der Waals surface area contributed by atoms with Crippen molar-refractivity contribution in [2.45, 2.75) is 13.5 Å². The van der Waals surface area contributed by atoms with E-state index in [4.69, 9.17) is 8.83 Å². The van der Waals surface area contributed by atoms with E-state index >= 15 is 0 Å². The van der Waals surface area contributed by atoms with Gasteiger partial charge in [0.1, 0.15) is 5.76 Å². The van der Waals surface area contributed by atoms with Crippen LogP contribution in [0.25, 0.3) is 11.7 Å². The molecule has 74 valence electrons. The summed E-state index contributed by atoms with van der Waals surface area (Å²) in [5.41, 5.74) is 0.916. The molecular weight excluding hydrogens is 180 g/mol. The van der Waals surface area contributed by atoms with Gasteiger partial charge in [0.2, 0.25) is 0 Å². The Hall–Kier alpha value is -1.55. The van der Waals surface area contributed by atoms with Crippen molar-refractivity contribution in [3.63, 3.8) is 0 Å². The van der Waals surface area contributed by atoms with E-state index in [0.29, 0.717) is 18.2 Å². The summed E-state index contributed by atoms with van der Waals surface area (Å²) in [5, 5.41) is 3.03. The quantitative estimate of drug-likeness (QED) is 0.807. The van der Waals surface area contributed by atoms with Crippen LogP contribution in [0.1, 0.15) is 11.5 Å². The SMILES string of the molecule is CNCc1nc(-c2ccco2)oc1C. The van der Waals surface area contributed by atoms with Crippen LogP contribution in [0.15, 0.2) is 27.2 Å². The molecule has 0 saturated heterocycles. The zero-order valence-corrected chi connectivity index (χ0v) is 8.20. The number of rotatable bonds is 3. The number of oxazole rings is 1. The molecule has 0 atom stereocenters. The van der Waals surface area contributed by atoms with Gasteiger partial charge in [0.15, 0.2) is 5.76 Å². The molecule has 0 fully saturated rings. The monoisotopic (exact) mass is 192 g/mol. The molecule has 0 aliphatic heterocycles. The third kappa shape index (κ3) is 1.56. The fourth-order valence-corrected chi connectivity index (χ4v) is 1.27. The molecule has 1 N–H and O–H groups in total. The summed E-state index contributed by atoms with van der Waals surface area (Å²) in [6.07, 6.45) is 1.60. The van der Waals surface area contributed by atoms with Crippen LogP contribution in [-0.2, 0) is 6.54 Å². The highest BCUT2D eigenvalue weighted by Crippen LogP contribution is 2.21. The molecule has 4 heteroatoms. The van der Waals surface area contributed by atoms with E-state index in [2.05, 4.69) is 10.3 Å². The average Bonchev–Trinajstić information content (AvgIpc) is 2.76. The van der Waals surface area contributed by atoms with Gasteiger partial charge in [-0.05, 0) is 26.1 Å². The van der Waals surface area contributed by atoms with E-state index in [-0.39, 0.29) is 0 Å². The zero-order chi connectivity index (χ0) is 9.97. The summed E-state index contributed by atoms with van der Waals surface area (Å²) in [6, 6.07) is 3.64. The van der Waals surface area contributed by atoms with E-state index in [9.17, 15) is 0 Å². The molecule has 2 rings (SSSR count). The van der Waals surface area contributed by atoms with Gasteiger partial charge in [-0.25, -0.2) is 4.98 Å². The Morgan fingerprint density at radius 1 is 1.50 bits per heavy atom. The highest BCUT2D eigenvalue weighted by Gasteiger charge is 2.12. The predicted octanol–water partition coefficient (Wildman–Crippen LogP) is 1.96. The zero-order valence-electron chi connectivity index (χ0n) is 8.20. The van der Waals surface area contributed by atoms with Crippen LogP contribution >= 0.6 is 0 Å². The van der Waals surface area contributed by atoms with Crippen molar-refractivity contribution in [2.24, 2.45) is 0 Å². The maximum absolute atomic E-state index is 5.47. The van der Waals surface area contributed by atoms with Crippen molar-refractivity contribution in [2.75, 3.05) is 7.05 Å². The first kappa shape index (κ1) is 9.02. The molecule has 0 amide bonds. The summed E-state index contributed by atoms with van der Waals surface area (Å²) in [5.74, 6) is 2.03. The van der Waals surface area contributed by atoms with Crippen molar-refractivity contribution in [3.8, 4) is 11.7 Å².